The van der Waals surface area contributed by atoms with Crippen molar-refractivity contribution in [2.45, 2.75) is 44.7 Å². The van der Waals surface area contributed by atoms with Gasteiger partial charge in [0, 0.05) is 0 Å². The van der Waals surface area contributed by atoms with E-state index < -0.39 is 0 Å². The Balaban J connectivity index is 2.05. The molecule has 1 aromatic carbocycles. The lowest BCUT2D eigenvalue weighted by molar-refractivity contribution is 0.285. The zero-order chi connectivity index (χ0) is 18.1. The average molecular weight is 362 g/mol. The van der Waals surface area contributed by atoms with Gasteiger partial charge in [0.25, 0.3) is 0 Å². The van der Waals surface area contributed by atoms with Crippen LogP contribution in [0.25, 0.3) is 0 Å². The third-order valence-corrected chi connectivity index (χ3v) is 4.34. The molecule has 0 fully saturated rings. The second kappa shape index (κ2) is 10.1. The highest BCUT2D eigenvalue weighted by atomic mass is 32.2. The standard InChI is InChI=1S/C18H26N4O2S/c1-5-6-7-8-11-24-16-10-9-15(12-17(16)23-3)13-19-22-14(2)20-21-18(22)25-4/h9-10,12-13H,5-8,11H2,1-4H3/b19-13-. The number of hydrogen-bond acceptors (Lipinski definition) is 6. The first kappa shape index (κ1) is 19.3. The molecule has 136 valence electrons. The fourth-order valence-corrected chi connectivity index (χ4v) is 2.79. The van der Waals surface area contributed by atoms with Crippen LogP contribution in [0.5, 0.6) is 11.5 Å². The SMILES string of the molecule is CCCCCCOc1ccc(/C=N\n2c(C)nnc2SC)cc1OC. The van der Waals surface area contributed by atoms with Gasteiger partial charge < -0.3 is 9.47 Å². The molecular weight excluding hydrogens is 336 g/mol. The van der Waals surface area contributed by atoms with Gasteiger partial charge >= 0.3 is 0 Å². The van der Waals surface area contributed by atoms with Crippen LogP contribution in [0.3, 0.4) is 0 Å². The van der Waals surface area contributed by atoms with Crippen LogP contribution in [0.4, 0.5) is 0 Å². The Bertz CT molecular complexity index is 700. The molecule has 0 saturated carbocycles. The Morgan fingerprint density at radius 3 is 2.76 bits per heavy atom. The molecule has 2 rings (SSSR count). The molecule has 0 aliphatic rings. The van der Waals surface area contributed by atoms with Crippen molar-refractivity contribution in [3.8, 4) is 11.5 Å². The van der Waals surface area contributed by atoms with Crippen molar-refractivity contribution in [1.29, 1.82) is 0 Å². The van der Waals surface area contributed by atoms with Gasteiger partial charge in [-0.1, -0.05) is 37.9 Å². The maximum Gasteiger partial charge on any atom is 0.211 e. The second-order valence-electron chi connectivity index (χ2n) is 5.61. The average Bonchev–Trinajstić information content (AvgIpc) is 3.00. The minimum absolute atomic E-state index is 0.709. The van der Waals surface area contributed by atoms with Crippen molar-refractivity contribution in [1.82, 2.24) is 14.9 Å². The number of unbranched alkanes of at least 4 members (excludes halogenated alkanes) is 3. The largest absolute Gasteiger partial charge is 0.493 e. The van der Waals surface area contributed by atoms with Crippen LogP contribution in [-0.4, -0.2) is 41.1 Å². The van der Waals surface area contributed by atoms with Gasteiger partial charge in [0.15, 0.2) is 17.3 Å². The zero-order valence-electron chi connectivity index (χ0n) is 15.4. The van der Waals surface area contributed by atoms with E-state index in [0.29, 0.717) is 12.4 Å². The number of aromatic nitrogens is 3. The molecule has 0 unspecified atom stereocenters. The van der Waals surface area contributed by atoms with E-state index in [1.165, 1.54) is 31.0 Å². The van der Waals surface area contributed by atoms with Gasteiger partial charge in [-0.25, -0.2) is 0 Å². The summed E-state index contributed by atoms with van der Waals surface area (Å²) in [6.45, 7) is 4.79. The molecule has 0 aliphatic carbocycles. The Hall–Kier alpha value is -2.02. The number of thioether (sulfide) groups is 1. The lowest BCUT2D eigenvalue weighted by Crippen LogP contribution is -2.00. The van der Waals surface area contributed by atoms with Crippen LogP contribution in [0.15, 0.2) is 28.5 Å². The van der Waals surface area contributed by atoms with Crippen LogP contribution < -0.4 is 9.47 Å². The van der Waals surface area contributed by atoms with E-state index in [2.05, 4.69) is 22.2 Å². The minimum Gasteiger partial charge on any atom is -0.493 e. The van der Waals surface area contributed by atoms with Crippen LogP contribution in [0.1, 0.15) is 44.0 Å². The van der Waals surface area contributed by atoms with Crippen molar-refractivity contribution >= 4 is 18.0 Å². The number of nitrogens with zero attached hydrogens (tertiary/aromatic N) is 4. The fourth-order valence-electron chi connectivity index (χ4n) is 2.32. The highest BCUT2D eigenvalue weighted by Crippen LogP contribution is 2.28. The summed E-state index contributed by atoms with van der Waals surface area (Å²) in [5, 5.41) is 13.3. The van der Waals surface area contributed by atoms with E-state index in [1.54, 1.807) is 18.0 Å². The molecule has 0 atom stereocenters. The summed E-state index contributed by atoms with van der Waals surface area (Å²) in [6, 6.07) is 5.81. The van der Waals surface area contributed by atoms with Gasteiger partial charge in [0.1, 0.15) is 0 Å². The maximum atomic E-state index is 5.84. The highest BCUT2D eigenvalue weighted by molar-refractivity contribution is 7.98. The number of hydrogen-bond donors (Lipinski definition) is 0. The van der Waals surface area contributed by atoms with E-state index in [4.69, 9.17) is 9.47 Å². The summed E-state index contributed by atoms with van der Waals surface area (Å²) in [5.41, 5.74) is 0.926. The molecule has 0 amide bonds. The molecule has 0 spiro atoms. The Kier molecular flexibility index (Phi) is 7.78. The van der Waals surface area contributed by atoms with E-state index >= 15 is 0 Å². The molecule has 2 aromatic rings. The van der Waals surface area contributed by atoms with Crippen LogP contribution in [0, 0.1) is 6.92 Å². The van der Waals surface area contributed by atoms with Crippen molar-refractivity contribution in [3.63, 3.8) is 0 Å². The van der Waals surface area contributed by atoms with Gasteiger partial charge in [-0.2, -0.15) is 9.78 Å². The molecule has 0 aliphatic heterocycles. The molecule has 6 nitrogen and oxygen atoms in total. The molecule has 0 saturated heterocycles. The number of rotatable bonds is 10. The summed E-state index contributed by atoms with van der Waals surface area (Å²) in [5.74, 6) is 2.23. The number of ether oxygens (including phenoxy) is 2. The van der Waals surface area contributed by atoms with E-state index in [9.17, 15) is 0 Å². The number of aryl methyl sites for hydroxylation is 1. The molecule has 1 heterocycles. The molecule has 0 N–H and O–H groups in total. The summed E-state index contributed by atoms with van der Waals surface area (Å²) in [7, 11) is 1.65. The molecule has 0 radical (unpaired) electrons. The molecular formula is C18H26N4O2S. The lowest BCUT2D eigenvalue weighted by Gasteiger charge is -2.11. The van der Waals surface area contributed by atoms with Gasteiger partial charge in [-0.3, -0.25) is 0 Å². The van der Waals surface area contributed by atoms with Crippen molar-refractivity contribution in [2.24, 2.45) is 5.10 Å². The molecule has 7 heteroatoms. The zero-order valence-corrected chi connectivity index (χ0v) is 16.2. The minimum atomic E-state index is 0.709. The van der Waals surface area contributed by atoms with E-state index in [0.717, 1.165) is 28.7 Å². The smallest absolute Gasteiger partial charge is 0.211 e. The Morgan fingerprint density at radius 2 is 2.04 bits per heavy atom. The fraction of sp³-hybridized carbons (Fsp3) is 0.500. The van der Waals surface area contributed by atoms with Crippen LogP contribution >= 0.6 is 11.8 Å². The molecule has 25 heavy (non-hydrogen) atoms. The molecule has 1 aromatic heterocycles. The van der Waals surface area contributed by atoms with E-state index in [-0.39, 0.29) is 0 Å². The Labute approximate surface area is 153 Å². The highest BCUT2D eigenvalue weighted by Gasteiger charge is 2.07. The summed E-state index contributed by atoms with van der Waals surface area (Å²) in [4.78, 5) is 0. The first-order chi connectivity index (χ1) is 12.2. The van der Waals surface area contributed by atoms with Crippen LogP contribution in [0.2, 0.25) is 0 Å². The number of benzene rings is 1. The first-order valence-electron chi connectivity index (χ1n) is 8.50. The van der Waals surface area contributed by atoms with Crippen molar-refractivity contribution in [3.05, 3.63) is 29.6 Å². The maximum absolute atomic E-state index is 5.84. The van der Waals surface area contributed by atoms with Gasteiger partial charge in [-0.05, 0) is 43.4 Å². The third kappa shape index (κ3) is 5.49. The number of methoxy groups -OCH3 is 1. The lowest BCUT2D eigenvalue weighted by atomic mass is 10.2. The normalized spacial score (nSPS) is 11.2. The van der Waals surface area contributed by atoms with Crippen molar-refractivity contribution < 1.29 is 9.47 Å². The summed E-state index contributed by atoms with van der Waals surface area (Å²) < 4.78 is 13.0. The quantitative estimate of drug-likeness (QED) is 0.361. The van der Waals surface area contributed by atoms with Gasteiger partial charge in [0.2, 0.25) is 5.16 Å². The third-order valence-electron chi connectivity index (χ3n) is 3.72. The van der Waals surface area contributed by atoms with Crippen LogP contribution in [-0.2, 0) is 0 Å². The predicted octanol–water partition coefficient (Wildman–Crippen LogP) is 4.16. The first-order valence-corrected chi connectivity index (χ1v) is 9.73. The monoisotopic (exact) mass is 362 g/mol. The summed E-state index contributed by atoms with van der Waals surface area (Å²) >= 11 is 1.51. The summed E-state index contributed by atoms with van der Waals surface area (Å²) in [6.07, 6.45) is 8.44. The molecule has 0 bridgehead atoms. The Morgan fingerprint density at radius 1 is 1.20 bits per heavy atom. The van der Waals surface area contributed by atoms with Gasteiger partial charge in [-0.15, -0.1) is 10.2 Å². The van der Waals surface area contributed by atoms with E-state index in [1.807, 2.05) is 31.4 Å². The second-order valence-corrected chi connectivity index (χ2v) is 6.38. The van der Waals surface area contributed by atoms with Crippen molar-refractivity contribution in [2.75, 3.05) is 20.0 Å². The topological polar surface area (TPSA) is 61.5 Å². The predicted molar refractivity (Wildman–Crippen MR) is 102 cm³/mol. The van der Waals surface area contributed by atoms with Gasteiger partial charge in [0.05, 0.1) is 19.9 Å².